The molecule has 1 amide bonds. The predicted molar refractivity (Wildman–Crippen MR) is 114 cm³/mol. The Morgan fingerprint density at radius 3 is 2.66 bits per heavy atom. The fourth-order valence-electron chi connectivity index (χ4n) is 4.82. The van der Waals surface area contributed by atoms with Crippen LogP contribution in [-0.2, 0) is 0 Å². The third kappa shape index (κ3) is 3.33. The van der Waals surface area contributed by atoms with Gasteiger partial charge in [0.25, 0.3) is 5.91 Å². The first-order valence-corrected chi connectivity index (χ1v) is 10.6. The third-order valence-corrected chi connectivity index (χ3v) is 6.45. The predicted octanol–water partition coefficient (Wildman–Crippen LogP) is 4.44. The van der Waals surface area contributed by atoms with Gasteiger partial charge in [0, 0.05) is 18.2 Å². The van der Waals surface area contributed by atoms with Gasteiger partial charge in [0.05, 0.1) is 5.56 Å². The van der Waals surface area contributed by atoms with Crippen LogP contribution in [0.3, 0.4) is 0 Å². The van der Waals surface area contributed by atoms with Gasteiger partial charge >= 0.3 is 0 Å². The number of hydrogen-bond acceptors (Lipinski definition) is 4. The van der Waals surface area contributed by atoms with E-state index in [-0.39, 0.29) is 11.9 Å². The summed E-state index contributed by atoms with van der Waals surface area (Å²) in [5, 5.41) is 3.28. The highest BCUT2D eigenvalue weighted by atomic mass is 16.3. The number of carbonyl (C=O) groups is 1. The normalized spacial score (nSPS) is 23.6. The Morgan fingerprint density at radius 1 is 1.14 bits per heavy atom. The lowest BCUT2D eigenvalue weighted by Gasteiger charge is -2.44. The Balaban J connectivity index is 1.47. The summed E-state index contributed by atoms with van der Waals surface area (Å²) in [7, 11) is 0. The van der Waals surface area contributed by atoms with E-state index in [1.54, 1.807) is 0 Å². The van der Waals surface area contributed by atoms with Crippen LogP contribution in [0.25, 0.3) is 22.6 Å². The maximum Gasteiger partial charge on any atom is 0.253 e. The summed E-state index contributed by atoms with van der Waals surface area (Å²) in [5.74, 6) is 1.48. The molecule has 29 heavy (non-hydrogen) atoms. The molecule has 2 aromatic carbocycles. The Bertz CT molecular complexity index is 1050. The van der Waals surface area contributed by atoms with Crippen LogP contribution in [0.5, 0.6) is 0 Å². The van der Waals surface area contributed by atoms with Gasteiger partial charge in [0.1, 0.15) is 5.52 Å². The SMILES string of the molecule is CC(C)c1ccccc1-c1nc2c(C(=O)N[C@@H]3CN4CCC3CC4)cccc2o1. The first-order chi connectivity index (χ1) is 14.1. The standard InChI is InChI=1S/C24H27N3O2/c1-15(2)17-6-3-4-7-18(17)24-26-22-19(8-5-9-21(22)29-24)23(28)25-20-14-27-12-10-16(20)11-13-27/h3-9,15-16,20H,10-14H2,1-2H3,(H,25,28)/t20-/m1/s1. The second kappa shape index (κ2) is 7.30. The second-order valence-electron chi connectivity index (χ2n) is 8.63. The van der Waals surface area contributed by atoms with Crippen molar-refractivity contribution in [2.24, 2.45) is 5.92 Å². The number of carbonyl (C=O) groups excluding carboxylic acids is 1. The molecule has 1 N–H and O–H groups in total. The summed E-state index contributed by atoms with van der Waals surface area (Å²) in [6.07, 6.45) is 2.35. The fraction of sp³-hybridized carbons (Fsp3) is 0.417. The van der Waals surface area contributed by atoms with Gasteiger partial charge in [0.15, 0.2) is 5.58 Å². The molecular formula is C24H27N3O2. The van der Waals surface area contributed by atoms with Crippen molar-refractivity contribution >= 4 is 17.0 Å². The van der Waals surface area contributed by atoms with Crippen molar-refractivity contribution in [3.05, 3.63) is 53.6 Å². The molecule has 0 spiro atoms. The number of fused-ring (bicyclic) bond motifs is 4. The van der Waals surface area contributed by atoms with E-state index in [4.69, 9.17) is 9.40 Å². The highest BCUT2D eigenvalue weighted by Gasteiger charge is 2.35. The van der Waals surface area contributed by atoms with Gasteiger partial charge in [-0.15, -0.1) is 0 Å². The lowest BCUT2D eigenvalue weighted by molar-refractivity contribution is 0.0621. The lowest BCUT2D eigenvalue weighted by Crippen LogP contribution is -2.57. The number of nitrogens with one attached hydrogen (secondary N) is 1. The van der Waals surface area contributed by atoms with Crippen molar-refractivity contribution in [2.45, 2.75) is 38.6 Å². The number of benzene rings is 2. The van der Waals surface area contributed by atoms with Gasteiger partial charge in [0.2, 0.25) is 5.89 Å². The van der Waals surface area contributed by atoms with Gasteiger partial charge in [-0.25, -0.2) is 4.98 Å². The van der Waals surface area contributed by atoms with Crippen LogP contribution in [0.1, 0.15) is 48.5 Å². The molecule has 150 valence electrons. The zero-order chi connectivity index (χ0) is 20.0. The molecule has 0 saturated carbocycles. The fourth-order valence-corrected chi connectivity index (χ4v) is 4.82. The van der Waals surface area contributed by atoms with Crippen LogP contribution in [0.2, 0.25) is 0 Å². The molecule has 3 aromatic rings. The lowest BCUT2D eigenvalue weighted by atomic mass is 9.84. The molecule has 2 bridgehead atoms. The van der Waals surface area contributed by atoms with Crippen LogP contribution in [0, 0.1) is 5.92 Å². The van der Waals surface area contributed by atoms with E-state index in [9.17, 15) is 4.79 Å². The average molecular weight is 389 g/mol. The Morgan fingerprint density at radius 2 is 1.93 bits per heavy atom. The summed E-state index contributed by atoms with van der Waals surface area (Å²) in [6, 6.07) is 14.0. The molecule has 3 fully saturated rings. The summed E-state index contributed by atoms with van der Waals surface area (Å²) < 4.78 is 6.08. The largest absolute Gasteiger partial charge is 0.436 e. The minimum atomic E-state index is -0.0497. The monoisotopic (exact) mass is 389 g/mol. The number of para-hydroxylation sites is 1. The summed E-state index contributed by atoms with van der Waals surface area (Å²) in [6.45, 7) is 7.60. The van der Waals surface area contributed by atoms with Crippen molar-refractivity contribution < 1.29 is 9.21 Å². The summed E-state index contributed by atoms with van der Waals surface area (Å²) in [5.41, 5.74) is 4.07. The molecule has 1 aromatic heterocycles. The quantitative estimate of drug-likeness (QED) is 0.717. The van der Waals surface area contributed by atoms with E-state index in [2.05, 4.69) is 30.1 Å². The molecule has 6 rings (SSSR count). The van der Waals surface area contributed by atoms with E-state index in [0.29, 0.717) is 34.4 Å². The van der Waals surface area contributed by atoms with Crippen molar-refractivity contribution in [1.29, 1.82) is 0 Å². The molecular weight excluding hydrogens is 362 g/mol. The maximum atomic E-state index is 13.1. The number of piperidine rings is 3. The maximum absolute atomic E-state index is 13.1. The molecule has 3 aliphatic heterocycles. The number of oxazole rings is 1. The van der Waals surface area contributed by atoms with E-state index in [1.165, 1.54) is 18.4 Å². The smallest absolute Gasteiger partial charge is 0.253 e. The molecule has 0 aliphatic carbocycles. The van der Waals surface area contributed by atoms with Crippen molar-refractivity contribution in [2.75, 3.05) is 19.6 Å². The molecule has 1 atom stereocenters. The summed E-state index contributed by atoms with van der Waals surface area (Å²) in [4.78, 5) is 20.3. The minimum absolute atomic E-state index is 0.0497. The zero-order valence-corrected chi connectivity index (χ0v) is 17.0. The van der Waals surface area contributed by atoms with Gasteiger partial charge in [-0.3, -0.25) is 4.79 Å². The third-order valence-electron chi connectivity index (χ3n) is 6.45. The van der Waals surface area contributed by atoms with Crippen LogP contribution < -0.4 is 5.32 Å². The van der Waals surface area contributed by atoms with E-state index in [1.807, 2.05) is 36.4 Å². The highest BCUT2D eigenvalue weighted by molar-refractivity contribution is 6.05. The molecule has 3 saturated heterocycles. The molecule has 0 radical (unpaired) electrons. The average Bonchev–Trinajstić information content (AvgIpc) is 3.19. The van der Waals surface area contributed by atoms with Crippen molar-refractivity contribution in [3.63, 3.8) is 0 Å². The Labute approximate surface area is 171 Å². The Kier molecular flexibility index (Phi) is 4.63. The molecule has 5 heteroatoms. The van der Waals surface area contributed by atoms with Gasteiger partial charge in [-0.05, 0) is 61.5 Å². The van der Waals surface area contributed by atoms with Crippen molar-refractivity contribution in [1.82, 2.24) is 15.2 Å². The van der Waals surface area contributed by atoms with E-state index in [0.717, 1.165) is 25.2 Å². The number of amides is 1. The van der Waals surface area contributed by atoms with Crippen LogP contribution in [0.15, 0.2) is 46.9 Å². The van der Waals surface area contributed by atoms with Gasteiger partial charge < -0.3 is 14.6 Å². The van der Waals surface area contributed by atoms with Gasteiger partial charge in [-0.2, -0.15) is 0 Å². The molecule has 3 aliphatic rings. The number of hydrogen-bond donors (Lipinski definition) is 1. The molecule has 5 nitrogen and oxygen atoms in total. The van der Waals surface area contributed by atoms with Crippen LogP contribution in [-0.4, -0.2) is 41.5 Å². The minimum Gasteiger partial charge on any atom is -0.436 e. The van der Waals surface area contributed by atoms with Crippen LogP contribution in [0.4, 0.5) is 0 Å². The van der Waals surface area contributed by atoms with Crippen LogP contribution >= 0.6 is 0 Å². The first kappa shape index (κ1) is 18.4. The summed E-state index contributed by atoms with van der Waals surface area (Å²) >= 11 is 0. The Hall–Kier alpha value is -2.66. The molecule has 4 heterocycles. The first-order valence-electron chi connectivity index (χ1n) is 10.6. The van der Waals surface area contributed by atoms with Crippen molar-refractivity contribution in [3.8, 4) is 11.5 Å². The zero-order valence-electron chi connectivity index (χ0n) is 17.0. The van der Waals surface area contributed by atoms with E-state index >= 15 is 0 Å². The molecule has 0 unspecified atom stereocenters. The van der Waals surface area contributed by atoms with Gasteiger partial charge in [-0.1, -0.05) is 38.1 Å². The van der Waals surface area contributed by atoms with E-state index < -0.39 is 0 Å². The number of aromatic nitrogens is 1. The number of rotatable bonds is 4. The number of nitrogens with zero attached hydrogens (tertiary/aromatic N) is 2. The highest BCUT2D eigenvalue weighted by Crippen LogP contribution is 2.32. The second-order valence-corrected chi connectivity index (χ2v) is 8.63. The topological polar surface area (TPSA) is 58.4 Å².